The summed E-state index contributed by atoms with van der Waals surface area (Å²) in [4.78, 5) is 17.3. The molecule has 0 atom stereocenters. The van der Waals surface area contributed by atoms with Crippen molar-refractivity contribution in [2.45, 2.75) is 46.0 Å². The number of rotatable bonds is 11. The summed E-state index contributed by atoms with van der Waals surface area (Å²) >= 11 is 0. The van der Waals surface area contributed by atoms with Gasteiger partial charge in [-0.25, -0.2) is 4.98 Å². The molecule has 0 aliphatic rings. The summed E-state index contributed by atoms with van der Waals surface area (Å²) in [5.41, 5.74) is 3.10. The zero-order valence-corrected chi connectivity index (χ0v) is 19.7. The van der Waals surface area contributed by atoms with Crippen LogP contribution in [0.4, 0.5) is 0 Å². The van der Waals surface area contributed by atoms with Crippen molar-refractivity contribution >= 4 is 16.9 Å². The van der Waals surface area contributed by atoms with E-state index in [2.05, 4.69) is 17.2 Å². The van der Waals surface area contributed by atoms with E-state index in [0.29, 0.717) is 29.4 Å². The minimum atomic E-state index is -0.0672. The van der Waals surface area contributed by atoms with Crippen LogP contribution in [0.25, 0.3) is 16.7 Å². The highest BCUT2D eigenvalue weighted by Crippen LogP contribution is 2.40. The van der Waals surface area contributed by atoms with Gasteiger partial charge in [0.15, 0.2) is 11.5 Å². The number of aryl methyl sites for hydroxylation is 1. The highest BCUT2D eigenvalue weighted by atomic mass is 16.5. The number of aromatic nitrogens is 2. The number of nitrogens with one attached hydrogen (secondary N) is 1. The molecule has 7 heteroatoms. The van der Waals surface area contributed by atoms with Gasteiger partial charge >= 0.3 is 0 Å². The van der Waals surface area contributed by atoms with Crippen molar-refractivity contribution in [3.8, 4) is 22.9 Å². The minimum absolute atomic E-state index is 0.0672. The van der Waals surface area contributed by atoms with Crippen LogP contribution in [0.1, 0.15) is 55.2 Å². The van der Waals surface area contributed by atoms with Crippen LogP contribution in [-0.4, -0.2) is 43.3 Å². The van der Waals surface area contributed by atoms with Gasteiger partial charge in [0.25, 0.3) is 5.91 Å². The molecular formula is C25H33N3O4. The Bertz CT molecular complexity index is 1050. The van der Waals surface area contributed by atoms with Gasteiger partial charge in [-0.1, -0.05) is 32.6 Å². The van der Waals surface area contributed by atoms with Gasteiger partial charge in [-0.2, -0.15) is 0 Å². The van der Waals surface area contributed by atoms with Gasteiger partial charge in [-0.15, -0.1) is 0 Å². The first kappa shape index (κ1) is 23.4. The summed E-state index contributed by atoms with van der Waals surface area (Å²) in [6.45, 7) is 4.82. The number of methoxy groups -OCH3 is 3. The lowest BCUT2D eigenvalue weighted by molar-refractivity contribution is 0.0953. The summed E-state index contributed by atoms with van der Waals surface area (Å²) in [7, 11) is 4.76. The number of nitrogens with zero attached hydrogens (tertiary/aromatic N) is 2. The average Bonchev–Trinajstić information content (AvgIpc) is 3.14. The standard InChI is InChI=1S/C25H33N3O4/c1-6-7-8-9-10-13-26-25(29)18-11-12-21-20(14-18)27-17(2)28(21)19-15-22(30-3)24(32-5)23(16-19)31-4/h11-12,14-16H,6-10,13H2,1-5H3,(H,26,29). The maximum Gasteiger partial charge on any atom is 0.251 e. The molecule has 3 aromatic rings. The molecule has 32 heavy (non-hydrogen) atoms. The van der Waals surface area contributed by atoms with Crippen molar-refractivity contribution < 1.29 is 19.0 Å². The van der Waals surface area contributed by atoms with Crippen LogP contribution in [0.15, 0.2) is 30.3 Å². The summed E-state index contributed by atoms with van der Waals surface area (Å²) in [6.07, 6.45) is 5.83. The SMILES string of the molecule is CCCCCCCNC(=O)c1ccc2c(c1)nc(C)n2-c1cc(OC)c(OC)c(OC)c1. The number of hydrogen-bond acceptors (Lipinski definition) is 5. The number of carbonyl (C=O) groups is 1. The monoisotopic (exact) mass is 439 g/mol. The molecule has 0 saturated heterocycles. The molecule has 172 valence electrons. The molecule has 0 aliphatic carbocycles. The van der Waals surface area contributed by atoms with E-state index >= 15 is 0 Å². The van der Waals surface area contributed by atoms with E-state index in [1.54, 1.807) is 21.3 Å². The van der Waals surface area contributed by atoms with Crippen molar-refractivity contribution in [3.05, 3.63) is 41.7 Å². The number of amides is 1. The molecule has 2 aromatic carbocycles. The number of unbranched alkanes of at least 4 members (excludes halogenated alkanes) is 4. The predicted molar refractivity (Wildman–Crippen MR) is 127 cm³/mol. The Kier molecular flexibility index (Phi) is 7.98. The van der Waals surface area contributed by atoms with E-state index < -0.39 is 0 Å². The molecule has 1 aromatic heterocycles. The third-order valence-electron chi connectivity index (χ3n) is 5.56. The Morgan fingerprint density at radius 1 is 0.969 bits per heavy atom. The smallest absolute Gasteiger partial charge is 0.251 e. The molecule has 0 unspecified atom stereocenters. The van der Waals surface area contributed by atoms with Crippen LogP contribution in [0.2, 0.25) is 0 Å². The second-order valence-electron chi connectivity index (χ2n) is 7.75. The summed E-state index contributed by atoms with van der Waals surface area (Å²) in [5.74, 6) is 2.40. The van der Waals surface area contributed by atoms with Gasteiger partial charge in [-0.05, 0) is 31.5 Å². The van der Waals surface area contributed by atoms with Crippen molar-refractivity contribution in [2.75, 3.05) is 27.9 Å². The maximum absolute atomic E-state index is 12.6. The lowest BCUT2D eigenvalue weighted by Gasteiger charge is -2.15. The summed E-state index contributed by atoms with van der Waals surface area (Å²) < 4.78 is 18.4. The van der Waals surface area contributed by atoms with Crippen LogP contribution < -0.4 is 19.5 Å². The van der Waals surface area contributed by atoms with Crippen molar-refractivity contribution in [1.82, 2.24) is 14.9 Å². The first-order valence-corrected chi connectivity index (χ1v) is 11.1. The van der Waals surface area contributed by atoms with Gasteiger partial charge in [0.1, 0.15) is 5.82 Å². The van der Waals surface area contributed by atoms with Crippen molar-refractivity contribution in [1.29, 1.82) is 0 Å². The number of hydrogen-bond donors (Lipinski definition) is 1. The molecular weight excluding hydrogens is 406 g/mol. The zero-order valence-electron chi connectivity index (χ0n) is 19.7. The number of imidazole rings is 1. The highest BCUT2D eigenvalue weighted by Gasteiger charge is 2.18. The number of carbonyl (C=O) groups excluding carboxylic acids is 1. The Balaban J connectivity index is 1.86. The first-order valence-electron chi connectivity index (χ1n) is 11.1. The molecule has 1 heterocycles. The quantitative estimate of drug-likeness (QED) is 0.423. The number of ether oxygens (including phenoxy) is 3. The number of benzene rings is 2. The lowest BCUT2D eigenvalue weighted by Crippen LogP contribution is -2.24. The first-order chi connectivity index (χ1) is 15.5. The fourth-order valence-electron chi connectivity index (χ4n) is 3.90. The van der Waals surface area contributed by atoms with Gasteiger partial charge in [0, 0.05) is 24.2 Å². The van der Waals surface area contributed by atoms with Crippen molar-refractivity contribution in [3.63, 3.8) is 0 Å². The molecule has 7 nitrogen and oxygen atoms in total. The largest absolute Gasteiger partial charge is 0.493 e. The van der Waals surface area contributed by atoms with Gasteiger partial charge in [0.2, 0.25) is 5.75 Å². The Morgan fingerprint density at radius 2 is 1.66 bits per heavy atom. The van der Waals surface area contributed by atoms with Crippen LogP contribution in [0, 0.1) is 6.92 Å². The van der Waals surface area contributed by atoms with E-state index in [0.717, 1.165) is 35.4 Å². The van der Waals surface area contributed by atoms with E-state index in [1.807, 2.05) is 41.8 Å². The summed E-state index contributed by atoms with van der Waals surface area (Å²) in [6, 6.07) is 9.37. The van der Waals surface area contributed by atoms with E-state index in [9.17, 15) is 4.79 Å². The second kappa shape index (κ2) is 10.9. The molecule has 0 radical (unpaired) electrons. The molecule has 0 saturated carbocycles. The second-order valence-corrected chi connectivity index (χ2v) is 7.75. The molecule has 0 aliphatic heterocycles. The molecule has 0 spiro atoms. The fraction of sp³-hybridized carbons (Fsp3) is 0.440. The van der Waals surface area contributed by atoms with Crippen molar-refractivity contribution in [2.24, 2.45) is 0 Å². The predicted octanol–water partition coefficient (Wildman–Crippen LogP) is 5.06. The molecule has 1 amide bonds. The number of fused-ring (bicyclic) bond motifs is 1. The summed E-state index contributed by atoms with van der Waals surface area (Å²) in [5, 5.41) is 3.02. The highest BCUT2D eigenvalue weighted by molar-refractivity contribution is 5.97. The van der Waals surface area contributed by atoms with E-state index in [-0.39, 0.29) is 5.91 Å². The topological polar surface area (TPSA) is 74.6 Å². The average molecular weight is 440 g/mol. The molecule has 1 N–H and O–H groups in total. The Hall–Kier alpha value is -3.22. The Morgan fingerprint density at radius 3 is 2.28 bits per heavy atom. The van der Waals surface area contributed by atoms with Crippen LogP contribution in [0.5, 0.6) is 17.2 Å². The minimum Gasteiger partial charge on any atom is -0.493 e. The normalized spacial score (nSPS) is 10.9. The fourth-order valence-corrected chi connectivity index (χ4v) is 3.90. The van der Waals surface area contributed by atoms with E-state index in [4.69, 9.17) is 14.2 Å². The molecule has 0 bridgehead atoms. The van der Waals surface area contributed by atoms with E-state index in [1.165, 1.54) is 19.3 Å². The zero-order chi connectivity index (χ0) is 23.1. The van der Waals surface area contributed by atoms with Gasteiger partial charge in [0.05, 0.1) is 38.1 Å². The van der Waals surface area contributed by atoms with Crippen LogP contribution in [0.3, 0.4) is 0 Å². The Labute approximate surface area is 189 Å². The molecule has 3 rings (SSSR count). The third-order valence-corrected chi connectivity index (χ3v) is 5.56. The third kappa shape index (κ3) is 4.98. The molecule has 0 fully saturated rings. The van der Waals surface area contributed by atoms with Crippen LogP contribution >= 0.6 is 0 Å². The van der Waals surface area contributed by atoms with Gasteiger partial charge < -0.3 is 19.5 Å². The maximum atomic E-state index is 12.6. The van der Waals surface area contributed by atoms with Crippen LogP contribution in [-0.2, 0) is 0 Å². The lowest BCUT2D eigenvalue weighted by atomic mass is 10.1. The van der Waals surface area contributed by atoms with Gasteiger partial charge in [-0.3, -0.25) is 9.36 Å².